The van der Waals surface area contributed by atoms with Crippen molar-refractivity contribution in [2.75, 3.05) is 5.32 Å². The van der Waals surface area contributed by atoms with Crippen molar-refractivity contribution in [1.82, 2.24) is 0 Å². The van der Waals surface area contributed by atoms with Gasteiger partial charge in [0.2, 0.25) is 0 Å². The van der Waals surface area contributed by atoms with E-state index in [0.29, 0.717) is 0 Å². The molecule has 0 radical (unpaired) electrons. The number of nitrogens with one attached hydrogen (secondary N) is 1. The van der Waals surface area contributed by atoms with Crippen molar-refractivity contribution in [3.05, 3.63) is 155 Å². The van der Waals surface area contributed by atoms with Gasteiger partial charge in [-0.25, -0.2) is 0 Å². The van der Waals surface area contributed by atoms with E-state index in [1.54, 1.807) is 11.1 Å². The Morgan fingerprint density at radius 1 is 0.419 bits per heavy atom. The molecule has 6 aromatic carbocycles. The highest BCUT2D eigenvalue weighted by Crippen LogP contribution is 2.56. The van der Waals surface area contributed by atoms with Gasteiger partial charge in [-0.3, -0.25) is 0 Å². The van der Waals surface area contributed by atoms with E-state index < -0.39 is 0 Å². The van der Waals surface area contributed by atoms with E-state index in [1.165, 1.54) is 164 Å². The maximum Gasteiger partial charge on any atom is 0.0384 e. The number of rotatable bonds is 22. The predicted molar refractivity (Wildman–Crippen MR) is 270 cm³/mol. The second kappa shape index (κ2) is 20.1. The standard InChI is InChI=1S/C61H73N/c1-6-10-12-14-16-18-40-61(41-19-17-15-13-11-7-2)58-43-51(46-24-32-53(33-25-46)60(5,8-3)9-4)30-38-56(58)57-39-31-52(44-59(57)61)48-28-36-55(37-29-48)62-54-34-26-47(27-35-54)50-23-21-45-20-22-49(45)42-50/h21,23-39,42-44,62H,6-20,22,40-41H2,1-5H3. The number of hydrogen-bond donors (Lipinski definition) is 1. The second-order valence-electron chi connectivity index (χ2n) is 19.2. The van der Waals surface area contributed by atoms with Gasteiger partial charge in [-0.05, 0) is 153 Å². The molecule has 0 saturated heterocycles. The van der Waals surface area contributed by atoms with E-state index in [9.17, 15) is 0 Å². The summed E-state index contributed by atoms with van der Waals surface area (Å²) in [5.41, 5.74) is 20.9. The van der Waals surface area contributed by atoms with Crippen LogP contribution in [0, 0.1) is 0 Å². The zero-order valence-electron chi connectivity index (χ0n) is 38.9. The van der Waals surface area contributed by atoms with Crippen molar-refractivity contribution in [2.45, 2.75) is 161 Å². The Kier molecular flexibility index (Phi) is 14.2. The zero-order chi connectivity index (χ0) is 42.9. The molecule has 1 heteroatoms. The molecule has 0 atom stereocenters. The molecular weight excluding hydrogens is 747 g/mol. The predicted octanol–water partition coefficient (Wildman–Crippen LogP) is 18.4. The summed E-state index contributed by atoms with van der Waals surface area (Å²) >= 11 is 0. The van der Waals surface area contributed by atoms with Gasteiger partial charge < -0.3 is 5.32 Å². The molecule has 62 heavy (non-hydrogen) atoms. The summed E-state index contributed by atoms with van der Waals surface area (Å²) in [6.07, 6.45) is 23.1. The summed E-state index contributed by atoms with van der Waals surface area (Å²) in [5, 5.41) is 3.68. The third-order valence-electron chi connectivity index (χ3n) is 15.3. The third kappa shape index (κ3) is 9.39. The Bertz CT molecular complexity index is 2360. The van der Waals surface area contributed by atoms with E-state index in [4.69, 9.17) is 0 Å². The Morgan fingerprint density at radius 3 is 1.26 bits per heavy atom. The van der Waals surface area contributed by atoms with Crippen LogP contribution in [-0.2, 0) is 23.7 Å². The van der Waals surface area contributed by atoms with Crippen LogP contribution in [0.5, 0.6) is 0 Å². The first kappa shape index (κ1) is 43.8. The monoisotopic (exact) mass is 820 g/mol. The smallest absolute Gasteiger partial charge is 0.0384 e. The SMILES string of the molecule is CCCCCCCCC1(CCCCCCCC)c2cc(-c3ccc(Nc4ccc(-c5ccc6c(c5)CC6)cc4)cc3)ccc2-c2ccc(-c3ccc(C(C)(CC)CC)cc3)cc21. The van der Waals surface area contributed by atoms with E-state index in [1.807, 2.05) is 0 Å². The molecule has 0 saturated carbocycles. The quantitative estimate of drug-likeness (QED) is 0.0673. The fourth-order valence-corrected chi connectivity index (χ4v) is 10.7. The minimum Gasteiger partial charge on any atom is -0.356 e. The number of anilines is 2. The van der Waals surface area contributed by atoms with Gasteiger partial charge in [0.15, 0.2) is 0 Å². The Balaban J connectivity index is 1.09. The van der Waals surface area contributed by atoms with Gasteiger partial charge in [-0.15, -0.1) is 0 Å². The van der Waals surface area contributed by atoms with Gasteiger partial charge in [0, 0.05) is 16.8 Å². The summed E-state index contributed by atoms with van der Waals surface area (Å²) in [5.74, 6) is 0. The van der Waals surface area contributed by atoms with Crippen LogP contribution in [0.2, 0.25) is 0 Å². The molecule has 1 nitrogen and oxygen atoms in total. The average Bonchev–Trinajstić information content (AvgIpc) is 3.57. The molecule has 322 valence electrons. The van der Waals surface area contributed by atoms with Crippen LogP contribution < -0.4 is 5.32 Å². The maximum atomic E-state index is 3.68. The highest BCUT2D eigenvalue weighted by molar-refractivity contribution is 5.86. The van der Waals surface area contributed by atoms with Gasteiger partial charge in [-0.2, -0.15) is 0 Å². The van der Waals surface area contributed by atoms with Crippen LogP contribution in [0.1, 0.15) is 165 Å². The fraction of sp³-hybridized carbons (Fsp3) is 0.410. The Hall–Kier alpha value is -4.88. The molecule has 8 rings (SSSR count). The van der Waals surface area contributed by atoms with E-state index in [0.717, 1.165) is 24.2 Å². The third-order valence-corrected chi connectivity index (χ3v) is 15.3. The van der Waals surface area contributed by atoms with Crippen molar-refractivity contribution >= 4 is 11.4 Å². The lowest BCUT2D eigenvalue weighted by atomic mass is 9.70. The lowest BCUT2D eigenvalue weighted by molar-refractivity contribution is 0.398. The lowest BCUT2D eigenvalue weighted by Gasteiger charge is -2.33. The Morgan fingerprint density at radius 2 is 0.823 bits per heavy atom. The van der Waals surface area contributed by atoms with Crippen LogP contribution in [0.25, 0.3) is 44.5 Å². The van der Waals surface area contributed by atoms with E-state index in [2.05, 4.69) is 167 Å². The molecule has 1 N–H and O–H groups in total. The molecule has 2 aliphatic rings. The van der Waals surface area contributed by atoms with Crippen molar-refractivity contribution in [3.63, 3.8) is 0 Å². The van der Waals surface area contributed by atoms with Crippen LogP contribution >= 0.6 is 0 Å². The van der Waals surface area contributed by atoms with Gasteiger partial charge >= 0.3 is 0 Å². The van der Waals surface area contributed by atoms with Crippen molar-refractivity contribution in [1.29, 1.82) is 0 Å². The van der Waals surface area contributed by atoms with E-state index >= 15 is 0 Å². The lowest BCUT2D eigenvalue weighted by Crippen LogP contribution is -2.25. The number of hydrogen-bond acceptors (Lipinski definition) is 1. The zero-order valence-corrected chi connectivity index (χ0v) is 38.9. The van der Waals surface area contributed by atoms with Crippen LogP contribution in [-0.4, -0.2) is 0 Å². The Labute approximate surface area is 375 Å². The average molecular weight is 820 g/mol. The van der Waals surface area contributed by atoms with Gasteiger partial charge in [0.25, 0.3) is 0 Å². The first-order valence-corrected chi connectivity index (χ1v) is 24.9. The van der Waals surface area contributed by atoms with Gasteiger partial charge in [-0.1, -0.05) is 203 Å². The highest BCUT2D eigenvalue weighted by Gasteiger charge is 2.42. The van der Waals surface area contributed by atoms with Crippen LogP contribution in [0.4, 0.5) is 11.4 Å². The second-order valence-corrected chi connectivity index (χ2v) is 19.2. The highest BCUT2D eigenvalue weighted by atomic mass is 14.9. The molecule has 6 aromatic rings. The first-order chi connectivity index (χ1) is 30.4. The summed E-state index contributed by atoms with van der Waals surface area (Å²) in [6, 6.07) is 49.5. The summed E-state index contributed by atoms with van der Waals surface area (Å²) in [6.45, 7) is 11.7. The topological polar surface area (TPSA) is 12.0 Å². The molecule has 0 aliphatic heterocycles. The molecule has 2 aliphatic carbocycles. The molecule has 0 unspecified atom stereocenters. The molecule has 0 heterocycles. The van der Waals surface area contributed by atoms with Crippen molar-refractivity contribution < 1.29 is 0 Å². The van der Waals surface area contributed by atoms with Crippen LogP contribution in [0.15, 0.2) is 127 Å². The minimum absolute atomic E-state index is 0.0172. The summed E-state index contributed by atoms with van der Waals surface area (Å²) in [4.78, 5) is 0. The summed E-state index contributed by atoms with van der Waals surface area (Å²) in [7, 11) is 0. The first-order valence-electron chi connectivity index (χ1n) is 24.9. The van der Waals surface area contributed by atoms with Crippen molar-refractivity contribution in [3.8, 4) is 44.5 Å². The molecule has 0 spiro atoms. The molecule has 0 aromatic heterocycles. The summed E-state index contributed by atoms with van der Waals surface area (Å²) < 4.78 is 0. The number of benzene rings is 6. The van der Waals surface area contributed by atoms with Crippen molar-refractivity contribution in [2.24, 2.45) is 0 Å². The van der Waals surface area contributed by atoms with Gasteiger partial charge in [0.1, 0.15) is 0 Å². The minimum atomic E-state index is 0.0172. The van der Waals surface area contributed by atoms with Gasteiger partial charge in [0.05, 0.1) is 0 Å². The van der Waals surface area contributed by atoms with E-state index in [-0.39, 0.29) is 10.8 Å². The molecule has 0 bridgehead atoms. The fourth-order valence-electron chi connectivity index (χ4n) is 10.7. The largest absolute Gasteiger partial charge is 0.356 e. The molecule has 0 fully saturated rings. The molecule has 0 amide bonds. The van der Waals surface area contributed by atoms with Crippen LogP contribution in [0.3, 0.4) is 0 Å². The normalized spacial score (nSPS) is 13.6. The number of fused-ring (bicyclic) bond motifs is 4. The molecular formula is C61H73N. The maximum absolute atomic E-state index is 3.68. The number of aryl methyl sites for hydroxylation is 2. The number of unbranched alkanes of at least 4 members (excludes halogenated alkanes) is 10.